The van der Waals surface area contributed by atoms with Crippen molar-refractivity contribution in [1.29, 1.82) is 0 Å². The van der Waals surface area contributed by atoms with E-state index in [1.54, 1.807) is 7.11 Å². The molecule has 0 spiro atoms. The van der Waals surface area contributed by atoms with E-state index < -0.39 is 0 Å². The summed E-state index contributed by atoms with van der Waals surface area (Å²) in [6.07, 6.45) is 0.919. The molecule has 2 aromatic rings. The average molecular weight is 298 g/mol. The molecule has 17 heavy (non-hydrogen) atoms. The van der Waals surface area contributed by atoms with Gasteiger partial charge in [-0.25, -0.2) is 4.98 Å². The van der Waals surface area contributed by atoms with Crippen LogP contribution < -0.4 is 5.73 Å². The standard InChI is InChI=1S/C12H16BrN3O/c1-8(5-6-17-2)16-11-4-3-9(13)7-10(11)15-12(16)14/h3-4,7-8H,5-6H2,1-2H3,(H2,14,15). The molecule has 1 atom stereocenters. The number of anilines is 1. The van der Waals surface area contributed by atoms with Crippen LogP contribution in [-0.4, -0.2) is 23.3 Å². The molecular formula is C12H16BrN3O. The molecule has 2 rings (SSSR count). The zero-order valence-electron chi connectivity index (χ0n) is 9.98. The summed E-state index contributed by atoms with van der Waals surface area (Å²) in [5, 5.41) is 0. The number of nitrogens with zero attached hydrogens (tertiary/aromatic N) is 2. The van der Waals surface area contributed by atoms with Gasteiger partial charge >= 0.3 is 0 Å². The predicted molar refractivity (Wildman–Crippen MR) is 73.0 cm³/mol. The molecule has 1 heterocycles. The second-order valence-electron chi connectivity index (χ2n) is 4.10. The molecule has 4 nitrogen and oxygen atoms in total. The van der Waals surface area contributed by atoms with Crippen LogP contribution in [0, 0.1) is 0 Å². The first-order valence-corrected chi connectivity index (χ1v) is 6.34. The second-order valence-corrected chi connectivity index (χ2v) is 5.02. The molecule has 5 heteroatoms. The van der Waals surface area contributed by atoms with Crippen LogP contribution in [0.2, 0.25) is 0 Å². The number of hydrogen-bond acceptors (Lipinski definition) is 3. The molecule has 0 aliphatic heterocycles. The topological polar surface area (TPSA) is 53.1 Å². The summed E-state index contributed by atoms with van der Waals surface area (Å²) in [6.45, 7) is 2.84. The van der Waals surface area contributed by atoms with Crippen LogP contribution in [0.3, 0.4) is 0 Å². The fourth-order valence-corrected chi connectivity index (χ4v) is 2.32. The van der Waals surface area contributed by atoms with Crippen molar-refractivity contribution in [3.05, 3.63) is 22.7 Å². The molecule has 0 amide bonds. The predicted octanol–water partition coefficient (Wildman–Crippen LogP) is 2.98. The molecule has 0 saturated heterocycles. The molecule has 2 N–H and O–H groups in total. The highest BCUT2D eigenvalue weighted by atomic mass is 79.9. The summed E-state index contributed by atoms with van der Waals surface area (Å²) in [4.78, 5) is 4.37. The van der Waals surface area contributed by atoms with Gasteiger partial charge in [-0.1, -0.05) is 15.9 Å². The van der Waals surface area contributed by atoms with E-state index in [1.807, 2.05) is 18.2 Å². The maximum absolute atomic E-state index is 5.97. The van der Waals surface area contributed by atoms with Crippen molar-refractivity contribution in [3.63, 3.8) is 0 Å². The number of hydrogen-bond donors (Lipinski definition) is 1. The number of halogens is 1. The van der Waals surface area contributed by atoms with Crippen LogP contribution in [0.5, 0.6) is 0 Å². The van der Waals surface area contributed by atoms with Gasteiger partial charge in [0.2, 0.25) is 5.95 Å². The number of benzene rings is 1. The SMILES string of the molecule is COCCC(C)n1c(N)nc2cc(Br)ccc21. The average Bonchev–Trinajstić information content (AvgIpc) is 2.61. The molecule has 0 aliphatic carbocycles. The molecule has 1 aromatic heterocycles. The maximum Gasteiger partial charge on any atom is 0.201 e. The van der Waals surface area contributed by atoms with Crippen LogP contribution in [-0.2, 0) is 4.74 Å². The van der Waals surface area contributed by atoms with Gasteiger partial charge in [-0.05, 0) is 31.5 Å². The molecule has 0 saturated carbocycles. The van der Waals surface area contributed by atoms with Gasteiger partial charge in [-0.2, -0.15) is 0 Å². The van der Waals surface area contributed by atoms with Gasteiger partial charge in [0.1, 0.15) is 0 Å². The summed E-state index contributed by atoms with van der Waals surface area (Å²) in [6, 6.07) is 6.29. The van der Waals surface area contributed by atoms with E-state index >= 15 is 0 Å². The van der Waals surface area contributed by atoms with Crippen molar-refractivity contribution in [1.82, 2.24) is 9.55 Å². The number of aromatic nitrogens is 2. The zero-order chi connectivity index (χ0) is 12.4. The van der Waals surface area contributed by atoms with Crippen LogP contribution in [0.15, 0.2) is 22.7 Å². The maximum atomic E-state index is 5.97. The van der Waals surface area contributed by atoms with Gasteiger partial charge < -0.3 is 15.0 Å². The van der Waals surface area contributed by atoms with Crippen molar-refractivity contribution >= 4 is 32.9 Å². The Bertz CT molecular complexity index is 524. The van der Waals surface area contributed by atoms with Crippen LogP contribution in [0.25, 0.3) is 11.0 Å². The number of nitrogens with two attached hydrogens (primary N) is 1. The first-order valence-electron chi connectivity index (χ1n) is 5.55. The van der Waals surface area contributed by atoms with Crippen molar-refractivity contribution in [2.45, 2.75) is 19.4 Å². The molecular weight excluding hydrogens is 282 g/mol. The van der Waals surface area contributed by atoms with Crippen molar-refractivity contribution in [3.8, 4) is 0 Å². The van der Waals surface area contributed by atoms with E-state index in [0.29, 0.717) is 5.95 Å². The Kier molecular flexibility index (Phi) is 3.69. The number of ether oxygens (including phenoxy) is 1. The normalized spacial score (nSPS) is 13.1. The fraction of sp³-hybridized carbons (Fsp3) is 0.417. The first-order chi connectivity index (χ1) is 8.13. The minimum absolute atomic E-state index is 0.279. The zero-order valence-corrected chi connectivity index (χ0v) is 11.6. The van der Waals surface area contributed by atoms with Gasteiger partial charge in [0.05, 0.1) is 11.0 Å². The number of fused-ring (bicyclic) bond motifs is 1. The Morgan fingerprint density at radius 1 is 1.53 bits per heavy atom. The van der Waals surface area contributed by atoms with Crippen molar-refractivity contribution in [2.24, 2.45) is 0 Å². The highest BCUT2D eigenvalue weighted by Crippen LogP contribution is 2.26. The van der Waals surface area contributed by atoms with Crippen molar-refractivity contribution < 1.29 is 4.74 Å². The monoisotopic (exact) mass is 297 g/mol. The van der Waals surface area contributed by atoms with E-state index in [1.165, 1.54) is 0 Å². The molecule has 0 fully saturated rings. The highest BCUT2D eigenvalue weighted by Gasteiger charge is 2.13. The fourth-order valence-electron chi connectivity index (χ4n) is 1.97. The van der Waals surface area contributed by atoms with Crippen LogP contribution in [0.1, 0.15) is 19.4 Å². The minimum atomic E-state index is 0.279. The van der Waals surface area contributed by atoms with Gasteiger partial charge in [-0.15, -0.1) is 0 Å². The third-order valence-electron chi connectivity index (χ3n) is 2.86. The number of rotatable bonds is 4. The summed E-state index contributed by atoms with van der Waals surface area (Å²) in [7, 11) is 1.71. The third kappa shape index (κ3) is 2.45. The van der Waals surface area contributed by atoms with E-state index in [2.05, 4.69) is 32.4 Å². The van der Waals surface area contributed by atoms with Crippen molar-refractivity contribution in [2.75, 3.05) is 19.5 Å². The third-order valence-corrected chi connectivity index (χ3v) is 3.35. The van der Waals surface area contributed by atoms with E-state index in [9.17, 15) is 0 Å². The summed E-state index contributed by atoms with van der Waals surface area (Å²) in [5.41, 5.74) is 7.95. The molecule has 92 valence electrons. The Labute approximate surface area is 109 Å². The molecule has 1 unspecified atom stereocenters. The van der Waals surface area contributed by atoms with Gasteiger partial charge in [0.15, 0.2) is 0 Å². The Morgan fingerprint density at radius 2 is 2.29 bits per heavy atom. The Hall–Kier alpha value is -1.07. The van der Waals surface area contributed by atoms with Gasteiger partial charge in [0.25, 0.3) is 0 Å². The molecule has 0 bridgehead atoms. The quantitative estimate of drug-likeness (QED) is 0.944. The largest absolute Gasteiger partial charge is 0.385 e. The molecule has 0 aliphatic rings. The first kappa shape index (κ1) is 12.4. The second kappa shape index (κ2) is 5.06. The minimum Gasteiger partial charge on any atom is -0.385 e. The lowest BCUT2D eigenvalue weighted by molar-refractivity contribution is 0.182. The van der Waals surface area contributed by atoms with E-state index in [0.717, 1.165) is 28.5 Å². The number of imidazole rings is 1. The summed E-state index contributed by atoms with van der Waals surface area (Å²) < 4.78 is 8.17. The summed E-state index contributed by atoms with van der Waals surface area (Å²) >= 11 is 3.44. The lowest BCUT2D eigenvalue weighted by Gasteiger charge is -2.15. The molecule has 1 aromatic carbocycles. The molecule has 0 radical (unpaired) electrons. The van der Waals surface area contributed by atoms with E-state index in [-0.39, 0.29) is 6.04 Å². The number of methoxy groups -OCH3 is 1. The highest BCUT2D eigenvalue weighted by molar-refractivity contribution is 9.10. The lowest BCUT2D eigenvalue weighted by Crippen LogP contribution is -2.10. The Balaban J connectivity index is 2.42. The smallest absolute Gasteiger partial charge is 0.201 e. The van der Waals surface area contributed by atoms with Crippen LogP contribution in [0.4, 0.5) is 5.95 Å². The van der Waals surface area contributed by atoms with E-state index in [4.69, 9.17) is 10.5 Å². The van der Waals surface area contributed by atoms with Gasteiger partial charge in [0, 0.05) is 24.2 Å². The Morgan fingerprint density at radius 3 is 3.00 bits per heavy atom. The van der Waals surface area contributed by atoms with Crippen LogP contribution >= 0.6 is 15.9 Å². The lowest BCUT2D eigenvalue weighted by atomic mass is 10.2. The van der Waals surface area contributed by atoms with Gasteiger partial charge in [-0.3, -0.25) is 0 Å². The summed E-state index contributed by atoms with van der Waals surface area (Å²) in [5.74, 6) is 0.557. The number of nitrogen functional groups attached to an aromatic ring is 1.